The lowest BCUT2D eigenvalue weighted by atomic mass is 10.1. The Morgan fingerprint density at radius 1 is 1.00 bits per heavy atom. The summed E-state index contributed by atoms with van der Waals surface area (Å²) in [6.45, 7) is 2.20. The van der Waals surface area contributed by atoms with Gasteiger partial charge in [0.1, 0.15) is 43.0 Å². The predicted octanol–water partition coefficient (Wildman–Crippen LogP) is -2.60. The number of fused-ring (bicyclic) bond motifs is 1. The van der Waals surface area contributed by atoms with Crippen LogP contribution in [0.3, 0.4) is 0 Å². The summed E-state index contributed by atoms with van der Waals surface area (Å²) < 4.78 is 49.0. The molecule has 0 bridgehead atoms. The molecule has 0 radical (unpaired) electrons. The third-order valence-corrected chi connectivity index (χ3v) is 7.88. The van der Waals surface area contributed by atoms with Gasteiger partial charge in [-0.2, -0.15) is 9.97 Å². The Bertz CT molecular complexity index is 1630. The van der Waals surface area contributed by atoms with Crippen LogP contribution in [0.25, 0.3) is 11.2 Å². The number of aromatic nitrogens is 7. The van der Waals surface area contributed by atoms with Gasteiger partial charge >= 0.3 is 13.5 Å². The first-order valence-corrected chi connectivity index (χ1v) is 14.9. The Morgan fingerprint density at radius 3 is 2.34 bits per heavy atom. The van der Waals surface area contributed by atoms with Crippen molar-refractivity contribution >= 4 is 30.9 Å². The first kappa shape index (κ1) is 32.0. The summed E-state index contributed by atoms with van der Waals surface area (Å²) in [7, 11) is -4.97. The van der Waals surface area contributed by atoms with E-state index in [0.29, 0.717) is 0 Å². The maximum absolute atomic E-state index is 13.1. The summed E-state index contributed by atoms with van der Waals surface area (Å²) in [6.07, 6.45) is -7.49. The monoisotopic (exact) mass is 645 g/mol. The molecule has 2 fully saturated rings. The minimum atomic E-state index is -4.97. The van der Waals surface area contributed by atoms with Gasteiger partial charge in [-0.05, 0) is 13.8 Å². The number of ether oxygens (including phenoxy) is 4. The van der Waals surface area contributed by atoms with E-state index in [1.54, 1.807) is 13.8 Å². The van der Waals surface area contributed by atoms with E-state index >= 15 is 0 Å². The van der Waals surface area contributed by atoms with E-state index in [2.05, 4.69) is 24.9 Å². The van der Waals surface area contributed by atoms with Crippen LogP contribution in [0.1, 0.15) is 26.3 Å². The fourth-order valence-corrected chi connectivity index (χ4v) is 6.00. The first-order valence-electron chi connectivity index (χ1n) is 13.4. The molecule has 0 aliphatic carbocycles. The molecule has 2 aliphatic heterocycles. The second-order valence-corrected chi connectivity index (χ2v) is 11.1. The van der Waals surface area contributed by atoms with E-state index in [1.165, 1.54) is 10.9 Å². The van der Waals surface area contributed by atoms with Crippen LogP contribution in [0.4, 0.5) is 11.9 Å². The van der Waals surface area contributed by atoms with Crippen LogP contribution in [0.2, 0.25) is 0 Å². The lowest BCUT2D eigenvalue weighted by Crippen LogP contribution is -2.40. The quantitative estimate of drug-likeness (QED) is 0.110. The molecular weight excluding hydrogens is 613 g/mol. The smallest absolute Gasteiger partial charge is 0.394 e. The van der Waals surface area contributed by atoms with Crippen LogP contribution in [-0.2, 0) is 32.6 Å². The van der Waals surface area contributed by atoms with Gasteiger partial charge in [-0.1, -0.05) is 0 Å². The zero-order valence-electron chi connectivity index (χ0n) is 23.4. The first-order chi connectivity index (χ1) is 21.0. The van der Waals surface area contributed by atoms with Gasteiger partial charge in [0.15, 0.2) is 23.6 Å². The fraction of sp³-hybridized carbons (Fsp3) is 0.636. The van der Waals surface area contributed by atoms with Crippen molar-refractivity contribution in [2.45, 2.75) is 62.9 Å². The Hall–Kier alpha value is -3.37. The van der Waals surface area contributed by atoms with Crippen LogP contribution in [-0.4, -0.2) is 112 Å². The van der Waals surface area contributed by atoms with Gasteiger partial charge < -0.3 is 45.5 Å². The maximum atomic E-state index is 13.1. The number of anilines is 2. The number of rotatable bonds is 12. The van der Waals surface area contributed by atoms with E-state index in [9.17, 15) is 29.3 Å². The highest BCUT2D eigenvalue weighted by Crippen LogP contribution is 2.49. The topological polar surface area (TPSA) is 297 Å². The Morgan fingerprint density at radius 2 is 1.66 bits per heavy atom. The molecule has 3 aromatic rings. The van der Waals surface area contributed by atoms with Crippen molar-refractivity contribution in [3.05, 3.63) is 33.5 Å². The summed E-state index contributed by atoms with van der Waals surface area (Å²) in [5.74, 6) is -0.454. The number of nitrogens with two attached hydrogens (primary N) is 2. The number of phosphoric ester groups is 1. The summed E-state index contributed by atoms with van der Waals surface area (Å²) in [5, 5.41) is 20.9. The van der Waals surface area contributed by atoms with Crippen molar-refractivity contribution in [2.24, 2.45) is 0 Å². The summed E-state index contributed by atoms with van der Waals surface area (Å²) in [4.78, 5) is 53.1. The number of aliphatic hydroxyl groups excluding tert-OH is 2. The van der Waals surface area contributed by atoms with E-state index in [-0.39, 0.29) is 36.3 Å². The van der Waals surface area contributed by atoms with E-state index < -0.39 is 81.4 Å². The molecule has 2 aliphatic rings. The van der Waals surface area contributed by atoms with Gasteiger partial charge in [0.05, 0.1) is 19.5 Å². The maximum Gasteiger partial charge on any atom is 0.472 e. The van der Waals surface area contributed by atoms with Crippen molar-refractivity contribution < 1.29 is 47.7 Å². The molecule has 9 atom stereocenters. The lowest BCUT2D eigenvalue weighted by Gasteiger charge is -2.26. The van der Waals surface area contributed by atoms with Crippen LogP contribution in [0.15, 0.2) is 22.2 Å². The molecule has 242 valence electrons. The molecule has 5 rings (SSSR count). The Balaban J connectivity index is 1.32. The summed E-state index contributed by atoms with van der Waals surface area (Å²) >= 11 is 0. The largest absolute Gasteiger partial charge is 0.472 e. The molecule has 21 nitrogen and oxygen atoms in total. The number of nitrogens with zero attached hydrogens (tertiary/aromatic N) is 6. The average molecular weight is 646 g/mol. The molecule has 22 heteroatoms. The van der Waals surface area contributed by atoms with Gasteiger partial charge in [-0.25, -0.2) is 19.3 Å². The van der Waals surface area contributed by atoms with Crippen molar-refractivity contribution in [1.82, 2.24) is 34.1 Å². The van der Waals surface area contributed by atoms with Crippen molar-refractivity contribution in [2.75, 3.05) is 37.9 Å². The highest BCUT2D eigenvalue weighted by Gasteiger charge is 2.51. The van der Waals surface area contributed by atoms with E-state index in [1.807, 2.05) is 0 Å². The number of nitrogen functional groups attached to an aromatic ring is 2. The molecule has 8 N–H and O–H groups in total. The Labute approximate surface area is 247 Å². The molecule has 3 aromatic heterocycles. The number of phosphoric acid groups is 1. The molecule has 0 saturated carbocycles. The third kappa shape index (κ3) is 6.24. The zero-order valence-corrected chi connectivity index (χ0v) is 24.3. The number of H-pyrrole nitrogens is 1. The predicted molar refractivity (Wildman–Crippen MR) is 146 cm³/mol. The van der Waals surface area contributed by atoms with Crippen molar-refractivity contribution in [3.8, 4) is 0 Å². The number of imidazole rings is 1. The molecule has 0 amide bonds. The standard InChI is InChI=1S/C22H32N9O12P/c1-3-38-14-12(33)10(42-18(14)30-7-25-11-16(30)27-21(24)28-17(11)34)6-40-44(36,37)43-13-9(5-32)41-19(15(13)39-4-2)31-8-26-20(23)29-22(31)35/h7-10,12-15,18-19,32-33H,3-6H2,1-2H3,(H,36,37)(H2,23,29,35)(H3,24,27,28,34)/t9-,10-,12+,13?,14?,15?,18-,19-/m1/s1. The molecule has 2 saturated heterocycles. The van der Waals surface area contributed by atoms with Gasteiger partial charge in [-0.15, -0.1) is 0 Å². The number of hydrogen-bond donors (Lipinski definition) is 6. The van der Waals surface area contributed by atoms with Gasteiger partial charge in [-0.3, -0.25) is 28.0 Å². The van der Waals surface area contributed by atoms with Crippen LogP contribution in [0, 0.1) is 0 Å². The second-order valence-electron chi connectivity index (χ2n) is 9.66. The number of nitrogens with one attached hydrogen (secondary N) is 1. The lowest BCUT2D eigenvalue weighted by molar-refractivity contribution is -0.0732. The van der Waals surface area contributed by atoms with Gasteiger partial charge in [0, 0.05) is 13.2 Å². The van der Waals surface area contributed by atoms with Crippen molar-refractivity contribution in [1.29, 1.82) is 0 Å². The molecular formula is C22H32N9O12P. The minimum absolute atomic E-state index is 0.0346. The molecule has 0 aromatic carbocycles. The minimum Gasteiger partial charge on any atom is -0.394 e. The third-order valence-electron chi connectivity index (χ3n) is 6.90. The Kier molecular flexibility index (Phi) is 9.41. The molecule has 44 heavy (non-hydrogen) atoms. The second kappa shape index (κ2) is 12.9. The fourth-order valence-electron chi connectivity index (χ4n) is 5.04. The summed E-state index contributed by atoms with van der Waals surface area (Å²) in [6, 6.07) is 0. The molecule has 5 heterocycles. The molecule has 0 spiro atoms. The van der Waals surface area contributed by atoms with E-state index in [0.717, 1.165) is 10.9 Å². The summed E-state index contributed by atoms with van der Waals surface area (Å²) in [5.41, 5.74) is 9.73. The van der Waals surface area contributed by atoms with Crippen molar-refractivity contribution in [3.63, 3.8) is 0 Å². The average Bonchev–Trinajstić information content (AvgIpc) is 3.62. The number of aromatic amines is 1. The molecule has 4 unspecified atom stereocenters. The van der Waals surface area contributed by atoms with Gasteiger partial charge in [0.25, 0.3) is 5.56 Å². The van der Waals surface area contributed by atoms with Gasteiger partial charge in [0.2, 0.25) is 11.9 Å². The highest BCUT2D eigenvalue weighted by molar-refractivity contribution is 7.47. The number of aliphatic hydroxyl groups is 2. The highest BCUT2D eigenvalue weighted by atomic mass is 31.2. The van der Waals surface area contributed by atoms with Crippen LogP contribution < -0.4 is 22.7 Å². The SMILES string of the molecule is CCOC1C(OP(=O)(O)OC[C@H]2O[C@@H](n3cnc4c(=O)[nH]c(N)nc43)C(OCC)[C@H]2O)[C@@H](CO)O[C@H]1n1cnc(N)nc1=O. The number of hydrogen-bond acceptors (Lipinski definition) is 17. The van der Waals surface area contributed by atoms with Crippen LogP contribution in [0.5, 0.6) is 0 Å². The van der Waals surface area contributed by atoms with Crippen LogP contribution >= 0.6 is 7.82 Å². The normalized spacial score (nSPS) is 30.2. The van der Waals surface area contributed by atoms with E-state index in [4.69, 9.17) is 39.5 Å². The zero-order chi connectivity index (χ0) is 31.8.